The smallest absolute Gasteiger partial charge is 0.220 e. The van der Waals surface area contributed by atoms with Crippen molar-refractivity contribution in [3.8, 4) is 23.1 Å². The highest BCUT2D eigenvalue weighted by Crippen LogP contribution is 2.28. The number of hydrogen-bond donors (Lipinski definition) is 1. The summed E-state index contributed by atoms with van der Waals surface area (Å²) in [6, 6.07) is 8.38. The Hall–Kier alpha value is -1.80. The standard InChI is InChI=1S/C10H5BrN2O2/c11-10-8(5-12)9(13-15-10)6-1-3-7(14)4-2-6/h1-4,14H. The first kappa shape index (κ1) is 9.74. The van der Waals surface area contributed by atoms with Crippen molar-refractivity contribution in [2.24, 2.45) is 0 Å². The van der Waals surface area contributed by atoms with E-state index in [1.165, 1.54) is 12.1 Å². The maximum Gasteiger partial charge on any atom is 0.220 e. The minimum absolute atomic E-state index is 0.166. The van der Waals surface area contributed by atoms with Crippen LogP contribution in [0.1, 0.15) is 5.56 Å². The highest BCUT2D eigenvalue weighted by Gasteiger charge is 2.14. The highest BCUT2D eigenvalue weighted by molar-refractivity contribution is 9.10. The van der Waals surface area contributed by atoms with Crippen molar-refractivity contribution in [2.75, 3.05) is 0 Å². The fraction of sp³-hybridized carbons (Fsp3) is 0. The molecular formula is C10H5BrN2O2. The topological polar surface area (TPSA) is 70.0 Å². The van der Waals surface area contributed by atoms with Gasteiger partial charge in [0, 0.05) is 5.56 Å². The molecule has 0 amide bonds. The van der Waals surface area contributed by atoms with Crippen molar-refractivity contribution in [1.82, 2.24) is 5.16 Å². The molecule has 0 aliphatic heterocycles. The number of halogens is 1. The van der Waals surface area contributed by atoms with E-state index in [1.807, 2.05) is 6.07 Å². The third-order valence-electron chi connectivity index (χ3n) is 1.90. The first-order valence-electron chi connectivity index (χ1n) is 4.07. The van der Waals surface area contributed by atoms with E-state index < -0.39 is 0 Å². The van der Waals surface area contributed by atoms with Gasteiger partial charge in [0.2, 0.25) is 4.67 Å². The minimum Gasteiger partial charge on any atom is -0.508 e. The Bertz CT molecular complexity index is 525. The summed E-state index contributed by atoms with van der Waals surface area (Å²) in [5, 5.41) is 21.8. The molecule has 2 aromatic rings. The van der Waals surface area contributed by atoms with E-state index in [2.05, 4.69) is 21.1 Å². The lowest BCUT2D eigenvalue weighted by Crippen LogP contribution is -1.80. The number of hydrogen-bond acceptors (Lipinski definition) is 4. The van der Waals surface area contributed by atoms with Crippen molar-refractivity contribution in [3.63, 3.8) is 0 Å². The molecule has 1 N–H and O–H groups in total. The lowest BCUT2D eigenvalue weighted by atomic mass is 10.1. The number of phenolic OH excluding ortho intramolecular Hbond substituents is 1. The Morgan fingerprint density at radius 2 is 2.00 bits per heavy atom. The van der Waals surface area contributed by atoms with Crippen LogP contribution in [0.15, 0.2) is 33.5 Å². The fourth-order valence-electron chi connectivity index (χ4n) is 1.18. The highest BCUT2D eigenvalue weighted by atomic mass is 79.9. The number of rotatable bonds is 1. The predicted molar refractivity (Wildman–Crippen MR) is 56.0 cm³/mol. The first-order valence-corrected chi connectivity index (χ1v) is 4.86. The van der Waals surface area contributed by atoms with Crippen LogP contribution in [0.4, 0.5) is 0 Å². The fourth-order valence-corrected chi connectivity index (χ4v) is 1.53. The zero-order valence-electron chi connectivity index (χ0n) is 7.44. The molecular weight excluding hydrogens is 260 g/mol. The minimum atomic E-state index is 0.166. The first-order chi connectivity index (χ1) is 7.22. The Morgan fingerprint density at radius 1 is 1.33 bits per heavy atom. The van der Waals surface area contributed by atoms with Gasteiger partial charge in [0.05, 0.1) is 0 Å². The summed E-state index contributed by atoms with van der Waals surface area (Å²) in [6.45, 7) is 0. The number of phenols is 1. The molecule has 0 aliphatic carbocycles. The summed E-state index contributed by atoms with van der Waals surface area (Å²) in [7, 11) is 0. The average molecular weight is 265 g/mol. The summed E-state index contributed by atoms with van der Waals surface area (Å²) in [5.41, 5.74) is 1.53. The van der Waals surface area contributed by atoms with Crippen LogP contribution in [0, 0.1) is 11.3 Å². The van der Waals surface area contributed by atoms with Gasteiger partial charge in [-0.3, -0.25) is 0 Å². The van der Waals surface area contributed by atoms with Crippen LogP contribution < -0.4 is 0 Å². The van der Waals surface area contributed by atoms with Crippen LogP contribution in [0.3, 0.4) is 0 Å². The molecule has 0 radical (unpaired) electrons. The number of aromatic hydroxyl groups is 1. The van der Waals surface area contributed by atoms with Crippen molar-refractivity contribution in [2.45, 2.75) is 0 Å². The zero-order chi connectivity index (χ0) is 10.8. The molecule has 2 rings (SSSR count). The van der Waals surface area contributed by atoms with Crippen LogP contribution in [0.25, 0.3) is 11.3 Å². The molecule has 74 valence electrons. The van der Waals surface area contributed by atoms with Crippen LogP contribution in [-0.4, -0.2) is 10.3 Å². The maximum absolute atomic E-state index is 9.12. The second kappa shape index (κ2) is 3.75. The van der Waals surface area contributed by atoms with Crippen molar-refractivity contribution in [3.05, 3.63) is 34.5 Å². The Labute approximate surface area is 93.9 Å². The van der Waals surface area contributed by atoms with Crippen LogP contribution >= 0.6 is 15.9 Å². The lowest BCUT2D eigenvalue weighted by molar-refractivity contribution is 0.402. The predicted octanol–water partition coefficient (Wildman–Crippen LogP) is 2.68. The van der Waals surface area contributed by atoms with Crippen molar-refractivity contribution in [1.29, 1.82) is 5.26 Å². The molecule has 0 atom stereocenters. The Balaban J connectivity index is 2.55. The molecule has 5 heteroatoms. The summed E-state index contributed by atoms with van der Waals surface area (Å²) in [4.78, 5) is 0. The monoisotopic (exact) mass is 264 g/mol. The molecule has 15 heavy (non-hydrogen) atoms. The van der Waals surface area contributed by atoms with E-state index in [-0.39, 0.29) is 5.75 Å². The Kier molecular flexibility index (Phi) is 2.44. The second-order valence-corrected chi connectivity index (χ2v) is 3.56. The van der Waals surface area contributed by atoms with E-state index in [0.29, 0.717) is 15.9 Å². The molecule has 0 spiro atoms. The van der Waals surface area contributed by atoms with Crippen molar-refractivity contribution < 1.29 is 9.63 Å². The molecule has 0 saturated carbocycles. The quantitative estimate of drug-likeness (QED) is 0.860. The number of aromatic nitrogens is 1. The third kappa shape index (κ3) is 1.72. The second-order valence-electron chi connectivity index (χ2n) is 2.84. The lowest BCUT2D eigenvalue weighted by Gasteiger charge is -1.95. The Morgan fingerprint density at radius 3 is 2.60 bits per heavy atom. The number of benzene rings is 1. The van der Waals surface area contributed by atoms with Gasteiger partial charge >= 0.3 is 0 Å². The summed E-state index contributed by atoms with van der Waals surface area (Å²) in [5.74, 6) is 0.166. The van der Waals surface area contributed by atoms with Gasteiger partial charge in [-0.15, -0.1) is 0 Å². The maximum atomic E-state index is 9.12. The van der Waals surface area contributed by atoms with Crippen LogP contribution in [-0.2, 0) is 0 Å². The van der Waals surface area contributed by atoms with Gasteiger partial charge in [-0.2, -0.15) is 5.26 Å². The van der Waals surface area contributed by atoms with Gasteiger partial charge in [0.1, 0.15) is 23.1 Å². The number of nitrogens with zero attached hydrogens (tertiary/aromatic N) is 2. The van der Waals surface area contributed by atoms with E-state index in [0.717, 1.165) is 5.56 Å². The summed E-state index contributed by atoms with van der Waals surface area (Å²) >= 11 is 3.09. The third-order valence-corrected chi connectivity index (χ3v) is 2.44. The van der Waals surface area contributed by atoms with Crippen molar-refractivity contribution >= 4 is 15.9 Å². The zero-order valence-corrected chi connectivity index (χ0v) is 9.02. The van der Waals surface area contributed by atoms with E-state index in [9.17, 15) is 0 Å². The average Bonchev–Trinajstić information content (AvgIpc) is 2.61. The molecule has 4 nitrogen and oxygen atoms in total. The van der Waals surface area contributed by atoms with Gasteiger partial charge in [0.15, 0.2) is 0 Å². The number of nitriles is 1. The SMILES string of the molecule is N#Cc1c(-c2ccc(O)cc2)noc1Br. The molecule has 0 bridgehead atoms. The molecule has 0 saturated heterocycles. The molecule has 0 fully saturated rings. The summed E-state index contributed by atoms with van der Waals surface area (Å²) in [6.07, 6.45) is 0. The van der Waals surface area contributed by atoms with Crippen LogP contribution in [0.5, 0.6) is 5.75 Å². The van der Waals surface area contributed by atoms with Crippen LogP contribution in [0.2, 0.25) is 0 Å². The summed E-state index contributed by atoms with van der Waals surface area (Å²) < 4.78 is 5.17. The van der Waals surface area contributed by atoms with E-state index in [1.54, 1.807) is 12.1 Å². The van der Waals surface area contributed by atoms with Gasteiger partial charge < -0.3 is 9.63 Å². The molecule has 1 aromatic heterocycles. The van der Waals surface area contributed by atoms with E-state index >= 15 is 0 Å². The normalized spacial score (nSPS) is 9.87. The molecule has 1 heterocycles. The molecule has 0 unspecified atom stereocenters. The molecule has 0 aliphatic rings. The van der Waals surface area contributed by atoms with Gasteiger partial charge in [-0.25, -0.2) is 0 Å². The van der Waals surface area contributed by atoms with E-state index in [4.69, 9.17) is 14.9 Å². The largest absolute Gasteiger partial charge is 0.508 e. The van der Waals surface area contributed by atoms with Gasteiger partial charge in [-0.1, -0.05) is 5.16 Å². The van der Waals surface area contributed by atoms with Gasteiger partial charge in [0.25, 0.3) is 0 Å². The van der Waals surface area contributed by atoms with Gasteiger partial charge in [-0.05, 0) is 40.2 Å². The molecule has 1 aromatic carbocycles.